The van der Waals surface area contributed by atoms with Crippen LogP contribution in [0.1, 0.15) is 31.9 Å². The third kappa shape index (κ3) is 2.95. The van der Waals surface area contributed by atoms with Crippen LogP contribution in [0.25, 0.3) is 0 Å². The van der Waals surface area contributed by atoms with Crippen molar-refractivity contribution in [1.82, 2.24) is 4.98 Å². The van der Waals surface area contributed by atoms with Crippen LogP contribution in [-0.4, -0.2) is 24.1 Å². The topological polar surface area (TPSA) is 42.2 Å². The van der Waals surface area contributed by atoms with E-state index in [0.717, 1.165) is 18.8 Å². The van der Waals surface area contributed by atoms with Crippen molar-refractivity contribution in [2.24, 2.45) is 5.73 Å². The van der Waals surface area contributed by atoms with Gasteiger partial charge >= 0.3 is 0 Å². The van der Waals surface area contributed by atoms with Gasteiger partial charge in [0.05, 0.1) is 0 Å². The number of hydrogen-bond donors (Lipinski definition) is 1. The van der Waals surface area contributed by atoms with Crippen LogP contribution in [0.4, 0.5) is 5.82 Å². The Balaban J connectivity index is 2.97. The highest BCUT2D eigenvalue weighted by Gasteiger charge is 2.12. The molecule has 0 aliphatic carbocycles. The number of aromatic nitrogens is 1. The molecule has 90 valence electrons. The van der Waals surface area contributed by atoms with Gasteiger partial charge < -0.3 is 10.6 Å². The summed E-state index contributed by atoms with van der Waals surface area (Å²) in [5.74, 6) is 1.10. The van der Waals surface area contributed by atoms with E-state index in [1.807, 2.05) is 6.20 Å². The molecule has 0 aliphatic rings. The van der Waals surface area contributed by atoms with E-state index < -0.39 is 0 Å². The molecule has 0 unspecified atom stereocenters. The Morgan fingerprint density at radius 1 is 1.44 bits per heavy atom. The second-order valence-corrected chi connectivity index (χ2v) is 4.40. The number of pyridine rings is 1. The standard InChI is InChI=1S/C13H23N3/c1-5-16(10(2)3)13-11(4)8-12(6-7-14)9-15-13/h8-10H,5-7,14H2,1-4H3. The second-order valence-electron chi connectivity index (χ2n) is 4.40. The predicted octanol–water partition coefficient (Wildman–Crippen LogP) is 2.13. The molecule has 1 aromatic heterocycles. The van der Waals surface area contributed by atoms with E-state index in [9.17, 15) is 0 Å². The predicted molar refractivity (Wildman–Crippen MR) is 69.9 cm³/mol. The van der Waals surface area contributed by atoms with Gasteiger partial charge in [-0.2, -0.15) is 0 Å². The van der Waals surface area contributed by atoms with Gasteiger partial charge in [-0.3, -0.25) is 0 Å². The quantitative estimate of drug-likeness (QED) is 0.828. The lowest BCUT2D eigenvalue weighted by molar-refractivity contribution is 0.690. The summed E-state index contributed by atoms with van der Waals surface area (Å²) in [4.78, 5) is 6.87. The maximum atomic E-state index is 5.54. The van der Waals surface area contributed by atoms with Crippen molar-refractivity contribution in [3.8, 4) is 0 Å². The Labute approximate surface area is 98.7 Å². The molecule has 0 bridgehead atoms. The maximum absolute atomic E-state index is 5.54. The second kappa shape index (κ2) is 5.85. The first-order chi connectivity index (χ1) is 7.60. The number of hydrogen-bond acceptors (Lipinski definition) is 3. The maximum Gasteiger partial charge on any atom is 0.131 e. The zero-order chi connectivity index (χ0) is 12.1. The number of rotatable bonds is 5. The highest BCUT2D eigenvalue weighted by Crippen LogP contribution is 2.19. The minimum Gasteiger partial charge on any atom is -0.354 e. The van der Waals surface area contributed by atoms with Crippen molar-refractivity contribution in [3.63, 3.8) is 0 Å². The minimum absolute atomic E-state index is 0.483. The molecular weight excluding hydrogens is 198 g/mol. The van der Waals surface area contributed by atoms with Gasteiger partial charge in [0.25, 0.3) is 0 Å². The molecule has 0 radical (unpaired) electrons. The summed E-state index contributed by atoms with van der Waals surface area (Å²) >= 11 is 0. The Morgan fingerprint density at radius 2 is 2.12 bits per heavy atom. The fraction of sp³-hybridized carbons (Fsp3) is 0.615. The molecule has 3 heteroatoms. The molecular formula is C13H23N3. The van der Waals surface area contributed by atoms with Gasteiger partial charge in [-0.05, 0) is 51.8 Å². The van der Waals surface area contributed by atoms with Crippen molar-refractivity contribution in [2.45, 2.75) is 40.2 Å². The van der Waals surface area contributed by atoms with Gasteiger partial charge in [0, 0.05) is 18.8 Å². The summed E-state index contributed by atoms with van der Waals surface area (Å²) in [5, 5.41) is 0. The van der Waals surface area contributed by atoms with Crippen LogP contribution in [0, 0.1) is 6.92 Å². The third-order valence-electron chi connectivity index (χ3n) is 2.78. The summed E-state index contributed by atoms with van der Waals surface area (Å²) in [6, 6.07) is 2.68. The molecule has 0 fully saturated rings. The van der Waals surface area contributed by atoms with E-state index in [1.165, 1.54) is 11.1 Å². The molecule has 2 N–H and O–H groups in total. The summed E-state index contributed by atoms with van der Waals surface area (Å²) in [6.07, 6.45) is 2.85. The summed E-state index contributed by atoms with van der Waals surface area (Å²) < 4.78 is 0. The van der Waals surface area contributed by atoms with Crippen LogP contribution in [0.15, 0.2) is 12.3 Å². The molecule has 0 atom stereocenters. The normalized spacial score (nSPS) is 10.9. The molecule has 0 spiro atoms. The Hall–Kier alpha value is -1.09. The van der Waals surface area contributed by atoms with Crippen molar-refractivity contribution < 1.29 is 0 Å². The fourth-order valence-corrected chi connectivity index (χ4v) is 1.99. The average molecular weight is 221 g/mol. The van der Waals surface area contributed by atoms with Crippen LogP contribution in [-0.2, 0) is 6.42 Å². The molecule has 0 amide bonds. The Kier molecular flexibility index (Phi) is 4.74. The van der Waals surface area contributed by atoms with E-state index >= 15 is 0 Å². The summed E-state index contributed by atoms with van der Waals surface area (Å²) in [7, 11) is 0. The Bertz CT molecular complexity index is 334. The van der Waals surface area contributed by atoms with Gasteiger partial charge in [0.1, 0.15) is 5.82 Å². The minimum atomic E-state index is 0.483. The highest BCUT2D eigenvalue weighted by atomic mass is 15.2. The van der Waals surface area contributed by atoms with Gasteiger partial charge in [-0.1, -0.05) is 6.07 Å². The zero-order valence-corrected chi connectivity index (χ0v) is 10.8. The molecule has 0 aromatic carbocycles. The average Bonchev–Trinajstić information content (AvgIpc) is 2.22. The first-order valence-electron chi connectivity index (χ1n) is 6.02. The lowest BCUT2D eigenvalue weighted by Gasteiger charge is -2.27. The van der Waals surface area contributed by atoms with Crippen LogP contribution in [0.3, 0.4) is 0 Å². The van der Waals surface area contributed by atoms with Crippen molar-refractivity contribution >= 4 is 5.82 Å². The van der Waals surface area contributed by atoms with Crippen LogP contribution in [0.2, 0.25) is 0 Å². The summed E-state index contributed by atoms with van der Waals surface area (Å²) in [5.41, 5.74) is 8.01. The van der Waals surface area contributed by atoms with Crippen molar-refractivity contribution in [1.29, 1.82) is 0 Å². The SMILES string of the molecule is CCN(c1ncc(CCN)cc1C)C(C)C. The lowest BCUT2D eigenvalue weighted by atomic mass is 10.1. The number of nitrogens with zero attached hydrogens (tertiary/aromatic N) is 2. The highest BCUT2D eigenvalue weighted by molar-refractivity contribution is 5.48. The van der Waals surface area contributed by atoms with Crippen LogP contribution >= 0.6 is 0 Å². The molecule has 0 saturated heterocycles. The number of nitrogens with two attached hydrogens (primary N) is 1. The summed E-state index contributed by atoms with van der Waals surface area (Å²) in [6.45, 7) is 10.3. The fourth-order valence-electron chi connectivity index (χ4n) is 1.99. The molecule has 1 heterocycles. The van der Waals surface area contributed by atoms with Crippen molar-refractivity contribution in [2.75, 3.05) is 18.0 Å². The van der Waals surface area contributed by atoms with Crippen LogP contribution < -0.4 is 10.6 Å². The van der Waals surface area contributed by atoms with Gasteiger partial charge in [-0.15, -0.1) is 0 Å². The number of anilines is 1. The first kappa shape index (κ1) is 13.0. The molecule has 1 rings (SSSR count). The zero-order valence-electron chi connectivity index (χ0n) is 10.8. The Morgan fingerprint density at radius 3 is 2.56 bits per heavy atom. The lowest BCUT2D eigenvalue weighted by Crippen LogP contribution is -2.31. The van der Waals surface area contributed by atoms with E-state index in [2.05, 4.69) is 43.6 Å². The van der Waals surface area contributed by atoms with E-state index in [4.69, 9.17) is 5.73 Å². The van der Waals surface area contributed by atoms with E-state index in [1.54, 1.807) is 0 Å². The van der Waals surface area contributed by atoms with E-state index in [0.29, 0.717) is 12.6 Å². The third-order valence-corrected chi connectivity index (χ3v) is 2.78. The molecule has 1 aromatic rings. The van der Waals surface area contributed by atoms with Gasteiger partial charge in [-0.25, -0.2) is 4.98 Å². The van der Waals surface area contributed by atoms with Crippen LogP contribution in [0.5, 0.6) is 0 Å². The monoisotopic (exact) mass is 221 g/mol. The smallest absolute Gasteiger partial charge is 0.131 e. The van der Waals surface area contributed by atoms with Crippen molar-refractivity contribution in [3.05, 3.63) is 23.4 Å². The molecule has 0 saturated carbocycles. The molecule has 3 nitrogen and oxygen atoms in total. The largest absolute Gasteiger partial charge is 0.354 e. The number of aryl methyl sites for hydroxylation is 1. The van der Waals surface area contributed by atoms with Gasteiger partial charge in [0.15, 0.2) is 0 Å². The van der Waals surface area contributed by atoms with Gasteiger partial charge in [0.2, 0.25) is 0 Å². The molecule has 16 heavy (non-hydrogen) atoms. The first-order valence-corrected chi connectivity index (χ1v) is 6.02. The molecule has 0 aliphatic heterocycles. The van der Waals surface area contributed by atoms with E-state index in [-0.39, 0.29) is 0 Å².